The smallest absolute Gasteiger partial charge is 0.237 e. The molecule has 1 unspecified atom stereocenters. The fraction of sp³-hybridized carbons (Fsp3) is 0.211. The Morgan fingerprint density at radius 1 is 1.26 bits per heavy atom. The van der Waals surface area contributed by atoms with Gasteiger partial charge in [-0.05, 0) is 44.2 Å². The quantitative estimate of drug-likeness (QED) is 0.606. The van der Waals surface area contributed by atoms with Crippen LogP contribution in [0.5, 0.6) is 11.5 Å². The van der Waals surface area contributed by atoms with Gasteiger partial charge in [0.05, 0.1) is 10.9 Å². The molecular weight excluding hydrogens is 384 g/mol. The van der Waals surface area contributed by atoms with Crippen molar-refractivity contribution < 1.29 is 9.53 Å². The fourth-order valence-electron chi connectivity index (χ4n) is 2.25. The summed E-state index contributed by atoms with van der Waals surface area (Å²) in [4.78, 5) is 12.6. The first-order chi connectivity index (χ1) is 12.9. The van der Waals surface area contributed by atoms with Crippen LogP contribution in [0.3, 0.4) is 0 Å². The lowest BCUT2D eigenvalue weighted by molar-refractivity contribution is -0.115. The van der Waals surface area contributed by atoms with E-state index in [0.717, 1.165) is 5.56 Å². The predicted molar refractivity (Wildman–Crippen MR) is 108 cm³/mol. The van der Waals surface area contributed by atoms with E-state index >= 15 is 0 Å². The molecule has 0 aliphatic carbocycles. The Labute approximate surface area is 166 Å². The molecule has 0 aliphatic heterocycles. The van der Waals surface area contributed by atoms with Gasteiger partial charge in [-0.25, -0.2) is 0 Å². The third kappa shape index (κ3) is 5.02. The molecule has 1 aromatic heterocycles. The van der Waals surface area contributed by atoms with Gasteiger partial charge in [0.2, 0.25) is 5.91 Å². The molecule has 2 aromatic carbocycles. The average Bonchev–Trinajstić information content (AvgIpc) is 3.04. The minimum Gasteiger partial charge on any atom is -0.455 e. The zero-order valence-corrected chi connectivity index (χ0v) is 16.7. The van der Waals surface area contributed by atoms with Crippen LogP contribution in [0.2, 0.25) is 5.02 Å². The van der Waals surface area contributed by atoms with E-state index in [2.05, 4.69) is 15.5 Å². The zero-order chi connectivity index (χ0) is 19.4. The van der Waals surface area contributed by atoms with Crippen molar-refractivity contribution in [2.75, 3.05) is 5.32 Å². The van der Waals surface area contributed by atoms with Crippen molar-refractivity contribution in [2.45, 2.75) is 24.3 Å². The highest BCUT2D eigenvalue weighted by atomic mass is 35.5. The molecule has 1 heterocycles. The summed E-state index contributed by atoms with van der Waals surface area (Å²) in [6, 6.07) is 12.8. The summed E-state index contributed by atoms with van der Waals surface area (Å²) in [5, 5.41) is 11.5. The molecule has 1 amide bonds. The largest absolute Gasteiger partial charge is 0.455 e. The molecule has 3 aromatic rings. The maximum Gasteiger partial charge on any atom is 0.237 e. The molecule has 0 saturated heterocycles. The fourth-order valence-corrected chi connectivity index (χ4v) is 3.21. The van der Waals surface area contributed by atoms with Crippen LogP contribution in [0.25, 0.3) is 0 Å². The first kappa shape index (κ1) is 19.3. The maximum absolute atomic E-state index is 12.6. The van der Waals surface area contributed by atoms with Gasteiger partial charge in [0.25, 0.3) is 0 Å². The summed E-state index contributed by atoms with van der Waals surface area (Å²) in [5.41, 5.74) is 1.65. The van der Waals surface area contributed by atoms with Gasteiger partial charge < -0.3 is 14.6 Å². The van der Waals surface area contributed by atoms with Crippen LogP contribution in [0.15, 0.2) is 53.9 Å². The van der Waals surface area contributed by atoms with Crippen molar-refractivity contribution in [2.24, 2.45) is 7.05 Å². The van der Waals surface area contributed by atoms with Gasteiger partial charge in [-0.1, -0.05) is 41.1 Å². The SMILES string of the molecule is Cc1ccc(Oc2ccc(Cl)cc2NC(=O)C(C)Sc2nncn2C)cc1. The number of carbonyl (C=O) groups is 1. The molecule has 27 heavy (non-hydrogen) atoms. The molecule has 0 saturated carbocycles. The Bertz CT molecular complexity index is 943. The maximum atomic E-state index is 12.6. The van der Waals surface area contributed by atoms with Gasteiger partial charge in [-0.3, -0.25) is 4.79 Å². The Kier molecular flexibility index (Phi) is 6.03. The minimum atomic E-state index is -0.376. The van der Waals surface area contributed by atoms with E-state index in [-0.39, 0.29) is 11.2 Å². The summed E-state index contributed by atoms with van der Waals surface area (Å²) in [5.74, 6) is 1.02. The van der Waals surface area contributed by atoms with Crippen LogP contribution in [0.1, 0.15) is 12.5 Å². The highest BCUT2D eigenvalue weighted by molar-refractivity contribution is 8.00. The molecule has 6 nitrogen and oxygen atoms in total. The lowest BCUT2D eigenvalue weighted by Gasteiger charge is -2.15. The van der Waals surface area contributed by atoms with Crippen molar-refractivity contribution in [3.05, 3.63) is 59.4 Å². The molecule has 0 aliphatic rings. The van der Waals surface area contributed by atoms with Gasteiger partial charge in [0.1, 0.15) is 12.1 Å². The first-order valence-corrected chi connectivity index (χ1v) is 9.54. The summed E-state index contributed by atoms with van der Waals surface area (Å²) >= 11 is 7.43. The second-order valence-corrected chi connectivity index (χ2v) is 7.77. The van der Waals surface area contributed by atoms with Gasteiger partial charge >= 0.3 is 0 Å². The summed E-state index contributed by atoms with van der Waals surface area (Å²) in [6.45, 7) is 3.81. The van der Waals surface area contributed by atoms with Crippen LogP contribution in [0, 0.1) is 6.92 Å². The monoisotopic (exact) mass is 402 g/mol. The summed E-state index contributed by atoms with van der Waals surface area (Å²) < 4.78 is 7.68. The van der Waals surface area contributed by atoms with Crippen LogP contribution < -0.4 is 10.1 Å². The predicted octanol–water partition coefficient (Wildman–Crippen LogP) is 4.69. The third-order valence-electron chi connectivity index (χ3n) is 3.77. The van der Waals surface area contributed by atoms with Crippen LogP contribution in [0.4, 0.5) is 5.69 Å². The third-order valence-corrected chi connectivity index (χ3v) is 5.15. The number of benzene rings is 2. The number of carbonyl (C=O) groups excluding carboxylic acids is 1. The van der Waals surface area contributed by atoms with Crippen molar-refractivity contribution in [1.29, 1.82) is 0 Å². The van der Waals surface area contributed by atoms with Crippen LogP contribution in [-0.4, -0.2) is 25.9 Å². The molecule has 140 valence electrons. The molecule has 1 atom stereocenters. The number of rotatable bonds is 6. The number of thioether (sulfide) groups is 1. The normalized spacial score (nSPS) is 11.9. The van der Waals surface area contributed by atoms with E-state index in [1.54, 1.807) is 36.0 Å². The van der Waals surface area contributed by atoms with E-state index in [4.69, 9.17) is 16.3 Å². The van der Waals surface area contributed by atoms with E-state index in [0.29, 0.717) is 27.4 Å². The topological polar surface area (TPSA) is 69.0 Å². The van der Waals surface area contributed by atoms with E-state index < -0.39 is 0 Å². The second-order valence-electron chi connectivity index (χ2n) is 6.03. The molecule has 0 fully saturated rings. The highest BCUT2D eigenvalue weighted by Crippen LogP contribution is 2.33. The summed E-state index contributed by atoms with van der Waals surface area (Å²) in [7, 11) is 1.83. The lowest BCUT2D eigenvalue weighted by atomic mass is 10.2. The molecular formula is C19H19ClN4O2S. The van der Waals surface area contributed by atoms with Crippen LogP contribution >= 0.6 is 23.4 Å². The molecule has 0 radical (unpaired) electrons. The Morgan fingerprint density at radius 3 is 2.67 bits per heavy atom. The second kappa shape index (κ2) is 8.45. The van der Waals surface area contributed by atoms with E-state index in [9.17, 15) is 4.79 Å². The van der Waals surface area contributed by atoms with E-state index in [1.165, 1.54) is 11.8 Å². The van der Waals surface area contributed by atoms with Crippen molar-refractivity contribution in [1.82, 2.24) is 14.8 Å². The highest BCUT2D eigenvalue weighted by Gasteiger charge is 2.19. The molecule has 1 N–H and O–H groups in total. The zero-order valence-electron chi connectivity index (χ0n) is 15.1. The van der Waals surface area contributed by atoms with Gasteiger partial charge in [0, 0.05) is 12.1 Å². The standard InChI is InChI=1S/C19H19ClN4O2S/c1-12-4-7-15(8-5-12)26-17-9-6-14(20)10-16(17)22-18(25)13(2)27-19-23-21-11-24(19)3/h4-11,13H,1-3H3,(H,22,25). The van der Waals surface area contributed by atoms with Crippen molar-refractivity contribution in [3.63, 3.8) is 0 Å². The van der Waals surface area contributed by atoms with Crippen molar-refractivity contribution >= 4 is 35.0 Å². The number of amides is 1. The summed E-state index contributed by atoms with van der Waals surface area (Å²) in [6.07, 6.45) is 1.59. The molecule has 0 bridgehead atoms. The molecule has 8 heteroatoms. The first-order valence-electron chi connectivity index (χ1n) is 8.28. The minimum absolute atomic E-state index is 0.181. The number of aryl methyl sites for hydroxylation is 2. The number of hydrogen-bond donors (Lipinski definition) is 1. The number of nitrogens with zero attached hydrogens (tertiary/aromatic N) is 3. The Balaban J connectivity index is 1.75. The Morgan fingerprint density at radius 2 is 2.00 bits per heavy atom. The van der Waals surface area contributed by atoms with Gasteiger partial charge in [-0.15, -0.1) is 10.2 Å². The number of ether oxygens (including phenoxy) is 1. The van der Waals surface area contributed by atoms with Crippen LogP contribution in [-0.2, 0) is 11.8 Å². The number of nitrogens with one attached hydrogen (secondary N) is 1. The Hall–Kier alpha value is -2.51. The van der Waals surface area contributed by atoms with Gasteiger partial charge in [0.15, 0.2) is 10.9 Å². The van der Waals surface area contributed by atoms with E-state index in [1.807, 2.05) is 38.2 Å². The number of halogens is 1. The lowest BCUT2D eigenvalue weighted by Crippen LogP contribution is -2.23. The number of aromatic nitrogens is 3. The molecule has 3 rings (SSSR count). The molecule has 0 spiro atoms. The number of hydrogen-bond acceptors (Lipinski definition) is 5. The van der Waals surface area contributed by atoms with Crippen molar-refractivity contribution in [3.8, 4) is 11.5 Å². The number of anilines is 1. The van der Waals surface area contributed by atoms with Gasteiger partial charge in [-0.2, -0.15) is 0 Å². The average molecular weight is 403 g/mol.